The van der Waals surface area contributed by atoms with E-state index in [-0.39, 0.29) is 11.7 Å². The summed E-state index contributed by atoms with van der Waals surface area (Å²) in [5.74, 6) is -4.27. The lowest BCUT2D eigenvalue weighted by Gasteiger charge is -2.37. The van der Waals surface area contributed by atoms with E-state index in [1.807, 2.05) is 0 Å². The van der Waals surface area contributed by atoms with Gasteiger partial charge in [-0.15, -0.1) is 0 Å². The van der Waals surface area contributed by atoms with E-state index in [2.05, 4.69) is 6.58 Å². The first-order chi connectivity index (χ1) is 11.8. The predicted octanol–water partition coefficient (Wildman–Crippen LogP) is 0.165. The summed E-state index contributed by atoms with van der Waals surface area (Å²) in [6.07, 6.45) is 2.34. The minimum atomic E-state index is -2.23. The SMILES string of the molecule is C=C(C(=O)[O-])C(CC(=O)OC1CCCC1)(C(=O)[O-])c1ccc(C)cc1. The van der Waals surface area contributed by atoms with Crippen molar-refractivity contribution in [2.24, 2.45) is 0 Å². The van der Waals surface area contributed by atoms with E-state index < -0.39 is 35.3 Å². The first-order valence-electron chi connectivity index (χ1n) is 8.16. The van der Waals surface area contributed by atoms with Gasteiger partial charge >= 0.3 is 5.97 Å². The van der Waals surface area contributed by atoms with Crippen molar-refractivity contribution in [3.63, 3.8) is 0 Å². The lowest BCUT2D eigenvalue weighted by molar-refractivity contribution is -0.317. The van der Waals surface area contributed by atoms with E-state index in [1.54, 1.807) is 19.1 Å². The molecular weight excluding hydrogens is 324 g/mol. The molecule has 0 aliphatic heterocycles. The van der Waals surface area contributed by atoms with Crippen LogP contribution in [0.4, 0.5) is 0 Å². The number of benzene rings is 1. The Kier molecular flexibility index (Phi) is 5.62. The van der Waals surface area contributed by atoms with Crippen molar-refractivity contribution in [3.05, 3.63) is 47.5 Å². The summed E-state index contributed by atoms with van der Waals surface area (Å²) in [5.41, 5.74) is -2.03. The highest BCUT2D eigenvalue weighted by molar-refractivity contribution is 6.01. The van der Waals surface area contributed by atoms with Gasteiger partial charge < -0.3 is 24.5 Å². The largest absolute Gasteiger partial charge is 0.549 e. The summed E-state index contributed by atoms with van der Waals surface area (Å²) in [7, 11) is 0. The minimum absolute atomic E-state index is 0.0932. The van der Waals surface area contributed by atoms with E-state index in [4.69, 9.17) is 4.74 Å². The molecule has 1 atom stereocenters. The molecule has 1 aromatic rings. The van der Waals surface area contributed by atoms with E-state index >= 15 is 0 Å². The topological polar surface area (TPSA) is 107 Å². The smallest absolute Gasteiger partial charge is 0.307 e. The van der Waals surface area contributed by atoms with E-state index in [0.29, 0.717) is 0 Å². The summed E-state index contributed by atoms with van der Waals surface area (Å²) in [6.45, 7) is 5.14. The average Bonchev–Trinajstić information content (AvgIpc) is 3.05. The highest BCUT2D eigenvalue weighted by Gasteiger charge is 2.41. The molecule has 1 aliphatic rings. The Labute approximate surface area is 146 Å². The van der Waals surface area contributed by atoms with Crippen LogP contribution in [0.5, 0.6) is 0 Å². The first kappa shape index (κ1) is 18.7. The maximum absolute atomic E-state index is 12.3. The van der Waals surface area contributed by atoms with Gasteiger partial charge in [0.05, 0.1) is 23.8 Å². The van der Waals surface area contributed by atoms with Crippen molar-refractivity contribution in [1.29, 1.82) is 0 Å². The molecule has 1 saturated carbocycles. The van der Waals surface area contributed by atoms with Gasteiger partial charge in [-0.1, -0.05) is 36.4 Å². The molecule has 2 rings (SSSR count). The number of carbonyl (C=O) groups excluding carboxylic acids is 3. The van der Waals surface area contributed by atoms with Gasteiger partial charge in [0.25, 0.3) is 0 Å². The molecule has 0 aromatic heterocycles. The van der Waals surface area contributed by atoms with Crippen molar-refractivity contribution in [1.82, 2.24) is 0 Å². The molecule has 0 N–H and O–H groups in total. The van der Waals surface area contributed by atoms with E-state index in [9.17, 15) is 24.6 Å². The first-order valence-corrected chi connectivity index (χ1v) is 8.16. The van der Waals surface area contributed by atoms with Gasteiger partial charge in [-0.05, 0) is 43.7 Å². The van der Waals surface area contributed by atoms with Crippen LogP contribution < -0.4 is 10.2 Å². The molecule has 0 bridgehead atoms. The second-order valence-corrected chi connectivity index (χ2v) is 6.40. The fourth-order valence-corrected chi connectivity index (χ4v) is 3.16. The van der Waals surface area contributed by atoms with Gasteiger partial charge in [0.15, 0.2) is 0 Å². The van der Waals surface area contributed by atoms with E-state index in [1.165, 1.54) is 12.1 Å². The Morgan fingerprint density at radius 3 is 2.20 bits per heavy atom. The van der Waals surface area contributed by atoms with Crippen LogP contribution >= 0.6 is 0 Å². The molecular formula is C19H20O6-2. The molecule has 0 radical (unpaired) electrons. The second kappa shape index (κ2) is 7.51. The zero-order chi connectivity index (χ0) is 18.6. The molecule has 0 saturated heterocycles. The van der Waals surface area contributed by atoms with Crippen molar-refractivity contribution in [2.75, 3.05) is 0 Å². The Balaban J connectivity index is 2.40. The Morgan fingerprint density at radius 1 is 1.16 bits per heavy atom. The van der Waals surface area contributed by atoms with Crippen LogP contribution in [0, 0.1) is 6.92 Å². The van der Waals surface area contributed by atoms with Crippen molar-refractivity contribution in [2.45, 2.75) is 50.5 Å². The number of ether oxygens (including phenoxy) is 1. The van der Waals surface area contributed by atoms with Crippen LogP contribution in [0.1, 0.15) is 43.2 Å². The van der Waals surface area contributed by atoms with Crippen LogP contribution in [0.2, 0.25) is 0 Å². The predicted molar refractivity (Wildman–Crippen MR) is 85.0 cm³/mol. The molecule has 1 unspecified atom stereocenters. The summed E-state index contributed by atoms with van der Waals surface area (Å²) < 4.78 is 5.31. The summed E-state index contributed by atoms with van der Waals surface area (Å²) in [6, 6.07) is 6.14. The third-order valence-electron chi connectivity index (χ3n) is 4.66. The summed E-state index contributed by atoms with van der Waals surface area (Å²) >= 11 is 0. The molecule has 6 nitrogen and oxygen atoms in total. The highest BCUT2D eigenvalue weighted by atomic mass is 16.5. The quantitative estimate of drug-likeness (QED) is 0.515. The number of esters is 1. The monoisotopic (exact) mass is 344 g/mol. The van der Waals surface area contributed by atoms with Gasteiger partial charge in [-0.25, -0.2) is 0 Å². The highest BCUT2D eigenvalue weighted by Crippen LogP contribution is 2.36. The number of carbonyl (C=O) groups is 3. The van der Waals surface area contributed by atoms with Gasteiger partial charge in [-0.3, -0.25) is 4.79 Å². The van der Waals surface area contributed by atoms with Gasteiger partial charge in [0.2, 0.25) is 0 Å². The van der Waals surface area contributed by atoms with Crippen LogP contribution in [-0.4, -0.2) is 24.0 Å². The minimum Gasteiger partial charge on any atom is -0.549 e. The standard InChI is InChI=1S/C19H22O6/c1-12-7-9-14(10-8-12)19(18(23)24,13(2)17(21)22)11-16(20)25-15-5-3-4-6-15/h7-10,15H,2-6,11H2,1H3,(H,21,22)(H,23,24)/p-2. The fourth-order valence-electron chi connectivity index (χ4n) is 3.16. The number of hydrogen-bond donors (Lipinski definition) is 0. The molecule has 25 heavy (non-hydrogen) atoms. The van der Waals surface area contributed by atoms with Crippen molar-refractivity contribution < 1.29 is 29.3 Å². The van der Waals surface area contributed by atoms with Crippen LogP contribution in [-0.2, 0) is 24.5 Å². The fraction of sp³-hybridized carbons (Fsp3) is 0.421. The summed E-state index contributed by atoms with van der Waals surface area (Å²) in [5, 5.41) is 23.3. The third-order valence-corrected chi connectivity index (χ3v) is 4.66. The molecule has 0 amide bonds. The third kappa shape index (κ3) is 3.90. The molecule has 1 aliphatic carbocycles. The average molecular weight is 344 g/mol. The molecule has 0 heterocycles. The number of aryl methyl sites for hydroxylation is 1. The second-order valence-electron chi connectivity index (χ2n) is 6.40. The van der Waals surface area contributed by atoms with Crippen LogP contribution in [0.3, 0.4) is 0 Å². The van der Waals surface area contributed by atoms with Gasteiger partial charge in [0, 0.05) is 0 Å². The zero-order valence-electron chi connectivity index (χ0n) is 14.1. The maximum Gasteiger partial charge on any atom is 0.307 e. The molecule has 134 valence electrons. The van der Waals surface area contributed by atoms with Crippen molar-refractivity contribution in [3.8, 4) is 0 Å². The van der Waals surface area contributed by atoms with Gasteiger partial charge in [-0.2, -0.15) is 0 Å². The molecule has 1 fully saturated rings. The molecule has 1 aromatic carbocycles. The number of rotatable bonds is 7. The lowest BCUT2D eigenvalue weighted by atomic mass is 9.72. The number of aliphatic carboxylic acids is 2. The van der Waals surface area contributed by atoms with Crippen LogP contribution in [0.25, 0.3) is 0 Å². The number of hydrogen-bond acceptors (Lipinski definition) is 6. The number of carboxylic acid groups (broad SMARTS) is 2. The lowest BCUT2D eigenvalue weighted by Crippen LogP contribution is -2.52. The summed E-state index contributed by atoms with van der Waals surface area (Å²) in [4.78, 5) is 35.6. The van der Waals surface area contributed by atoms with E-state index in [0.717, 1.165) is 31.2 Å². The maximum atomic E-state index is 12.3. The Bertz CT molecular complexity index is 684. The molecule has 0 spiro atoms. The normalized spacial score (nSPS) is 16.8. The number of carboxylic acids is 2. The molecule has 6 heteroatoms. The Morgan fingerprint density at radius 2 is 1.72 bits per heavy atom. The van der Waals surface area contributed by atoms with Crippen molar-refractivity contribution >= 4 is 17.9 Å². The Hall–Kier alpha value is -2.63. The van der Waals surface area contributed by atoms with Gasteiger partial charge in [0.1, 0.15) is 6.10 Å². The van der Waals surface area contributed by atoms with Crippen LogP contribution in [0.15, 0.2) is 36.4 Å². The zero-order valence-corrected chi connectivity index (χ0v) is 14.1.